The van der Waals surface area contributed by atoms with Gasteiger partial charge >= 0.3 is 0 Å². The van der Waals surface area contributed by atoms with Crippen LogP contribution in [0.2, 0.25) is 0 Å². The van der Waals surface area contributed by atoms with E-state index in [2.05, 4.69) is 15.1 Å². The van der Waals surface area contributed by atoms with Crippen LogP contribution in [0.4, 0.5) is 0 Å². The van der Waals surface area contributed by atoms with Gasteiger partial charge in [0, 0.05) is 50.1 Å². The number of rotatable bonds is 4. The van der Waals surface area contributed by atoms with Crippen molar-refractivity contribution in [3.63, 3.8) is 0 Å². The number of aromatic nitrogens is 4. The minimum Gasteiger partial charge on any atom is -0.346 e. The summed E-state index contributed by atoms with van der Waals surface area (Å²) in [7, 11) is 1.93. The van der Waals surface area contributed by atoms with Gasteiger partial charge in [-0.2, -0.15) is 5.10 Å². The van der Waals surface area contributed by atoms with E-state index in [0.717, 1.165) is 48.7 Å². The average molecular weight is 301 g/mol. The van der Waals surface area contributed by atoms with Gasteiger partial charge in [-0.15, -0.1) is 0 Å². The minimum absolute atomic E-state index is 0.231. The Labute approximate surface area is 130 Å². The van der Waals surface area contributed by atoms with Gasteiger partial charge in [-0.3, -0.25) is 9.48 Å². The second kappa shape index (κ2) is 5.94. The van der Waals surface area contributed by atoms with Crippen molar-refractivity contribution < 1.29 is 4.79 Å². The Morgan fingerprint density at radius 2 is 2.23 bits per heavy atom. The lowest BCUT2D eigenvalue weighted by atomic mass is 10.1. The van der Waals surface area contributed by atoms with Gasteiger partial charge in [-0.25, -0.2) is 4.98 Å². The largest absolute Gasteiger partial charge is 0.346 e. The Kier molecular flexibility index (Phi) is 4.00. The molecule has 1 fully saturated rings. The van der Waals surface area contributed by atoms with Crippen molar-refractivity contribution in [2.75, 3.05) is 13.1 Å². The molecule has 1 N–H and O–H groups in total. The predicted molar refractivity (Wildman–Crippen MR) is 83.5 cm³/mol. The van der Waals surface area contributed by atoms with Gasteiger partial charge in [-0.05, 0) is 32.3 Å². The molecule has 1 amide bonds. The van der Waals surface area contributed by atoms with Crippen LogP contribution in [0, 0.1) is 13.8 Å². The molecule has 2 aromatic heterocycles. The number of hydrogen-bond donors (Lipinski definition) is 1. The van der Waals surface area contributed by atoms with E-state index in [1.54, 1.807) is 0 Å². The fourth-order valence-corrected chi connectivity index (χ4v) is 3.04. The zero-order valence-electron chi connectivity index (χ0n) is 13.5. The number of carbonyl (C=O) groups excluding carboxylic acids is 1. The summed E-state index contributed by atoms with van der Waals surface area (Å²) in [5.41, 5.74) is 3.37. The zero-order chi connectivity index (χ0) is 15.7. The van der Waals surface area contributed by atoms with E-state index in [-0.39, 0.29) is 5.91 Å². The van der Waals surface area contributed by atoms with Crippen molar-refractivity contribution in [2.45, 2.75) is 39.0 Å². The first-order valence-electron chi connectivity index (χ1n) is 7.81. The fourth-order valence-electron chi connectivity index (χ4n) is 3.04. The summed E-state index contributed by atoms with van der Waals surface area (Å²) in [4.78, 5) is 22.0. The first-order chi connectivity index (χ1) is 10.5. The summed E-state index contributed by atoms with van der Waals surface area (Å²) in [6.45, 7) is 5.65. The quantitative estimate of drug-likeness (QED) is 0.935. The molecule has 22 heavy (non-hydrogen) atoms. The van der Waals surface area contributed by atoms with Crippen molar-refractivity contribution in [1.82, 2.24) is 24.6 Å². The van der Waals surface area contributed by atoms with Gasteiger partial charge in [-0.1, -0.05) is 0 Å². The Bertz CT molecular complexity index is 672. The van der Waals surface area contributed by atoms with Gasteiger partial charge in [0.05, 0.1) is 6.20 Å². The second-order valence-corrected chi connectivity index (χ2v) is 6.16. The molecule has 0 bridgehead atoms. The number of hydrogen-bond acceptors (Lipinski definition) is 3. The minimum atomic E-state index is 0.231. The first kappa shape index (κ1) is 14.8. The number of imidazole rings is 1. The zero-order valence-corrected chi connectivity index (χ0v) is 13.5. The SMILES string of the molecule is Cc1cnc(C2CCN(C(=O)CCc3cnn(C)c3C)C2)[nH]1. The normalized spacial score (nSPS) is 18.1. The average Bonchev–Trinajstić information content (AvgIpc) is 3.20. The number of aryl methyl sites for hydroxylation is 3. The fraction of sp³-hybridized carbons (Fsp3) is 0.562. The Morgan fingerprint density at radius 1 is 1.41 bits per heavy atom. The van der Waals surface area contributed by atoms with E-state index in [9.17, 15) is 4.79 Å². The van der Waals surface area contributed by atoms with Crippen LogP contribution in [0.5, 0.6) is 0 Å². The third-order valence-electron chi connectivity index (χ3n) is 4.60. The number of nitrogens with one attached hydrogen (secondary N) is 1. The number of H-pyrrole nitrogens is 1. The molecule has 2 aromatic rings. The molecule has 1 aliphatic rings. The van der Waals surface area contributed by atoms with Crippen LogP contribution in [0.15, 0.2) is 12.4 Å². The van der Waals surface area contributed by atoms with Crippen LogP contribution in [0.1, 0.15) is 41.5 Å². The molecule has 0 aliphatic carbocycles. The van der Waals surface area contributed by atoms with Gasteiger partial charge in [0.15, 0.2) is 0 Å². The molecule has 1 aliphatic heterocycles. The van der Waals surface area contributed by atoms with E-state index in [1.807, 2.05) is 42.9 Å². The number of nitrogens with zero attached hydrogens (tertiary/aromatic N) is 4. The lowest BCUT2D eigenvalue weighted by Crippen LogP contribution is -2.28. The highest BCUT2D eigenvalue weighted by Gasteiger charge is 2.28. The van der Waals surface area contributed by atoms with E-state index in [1.165, 1.54) is 0 Å². The third kappa shape index (κ3) is 2.91. The highest BCUT2D eigenvalue weighted by molar-refractivity contribution is 5.76. The molecule has 6 nitrogen and oxygen atoms in total. The highest BCUT2D eigenvalue weighted by Crippen LogP contribution is 2.25. The van der Waals surface area contributed by atoms with Crippen LogP contribution in [-0.4, -0.2) is 43.6 Å². The molecule has 1 atom stereocenters. The third-order valence-corrected chi connectivity index (χ3v) is 4.60. The number of likely N-dealkylation sites (tertiary alicyclic amines) is 1. The molecule has 0 aromatic carbocycles. The van der Waals surface area contributed by atoms with Crippen LogP contribution in [0.25, 0.3) is 0 Å². The highest BCUT2D eigenvalue weighted by atomic mass is 16.2. The van der Waals surface area contributed by atoms with Crippen LogP contribution >= 0.6 is 0 Å². The maximum absolute atomic E-state index is 12.4. The molecule has 6 heteroatoms. The van der Waals surface area contributed by atoms with Crippen LogP contribution < -0.4 is 0 Å². The smallest absolute Gasteiger partial charge is 0.222 e. The van der Waals surface area contributed by atoms with Gasteiger partial charge in [0.1, 0.15) is 5.82 Å². The molecular weight excluding hydrogens is 278 g/mol. The predicted octanol–water partition coefficient (Wildman–Crippen LogP) is 1.71. The van der Waals surface area contributed by atoms with Gasteiger partial charge < -0.3 is 9.88 Å². The standard InChI is InChI=1S/C16H23N5O/c1-11-8-17-16(19-11)14-6-7-21(10-14)15(22)5-4-13-9-18-20(3)12(13)2/h8-9,14H,4-7,10H2,1-3H3,(H,17,19). The Hall–Kier alpha value is -2.11. The molecule has 0 spiro atoms. The summed E-state index contributed by atoms with van der Waals surface area (Å²) in [6, 6.07) is 0. The summed E-state index contributed by atoms with van der Waals surface area (Å²) < 4.78 is 1.85. The molecule has 118 valence electrons. The summed E-state index contributed by atoms with van der Waals surface area (Å²) in [5.74, 6) is 1.59. The summed E-state index contributed by atoms with van der Waals surface area (Å²) in [5, 5.41) is 4.23. The molecule has 3 heterocycles. The number of carbonyl (C=O) groups is 1. The van der Waals surface area contributed by atoms with Crippen LogP contribution in [-0.2, 0) is 18.3 Å². The van der Waals surface area contributed by atoms with Gasteiger partial charge in [0.25, 0.3) is 0 Å². The van der Waals surface area contributed by atoms with E-state index < -0.39 is 0 Å². The van der Waals surface area contributed by atoms with E-state index in [4.69, 9.17) is 0 Å². The lowest BCUT2D eigenvalue weighted by Gasteiger charge is -2.16. The Morgan fingerprint density at radius 3 is 2.86 bits per heavy atom. The summed E-state index contributed by atoms with van der Waals surface area (Å²) >= 11 is 0. The summed E-state index contributed by atoms with van der Waals surface area (Å²) in [6.07, 6.45) is 6.02. The first-order valence-corrected chi connectivity index (χ1v) is 7.81. The molecule has 0 radical (unpaired) electrons. The van der Waals surface area contributed by atoms with E-state index in [0.29, 0.717) is 12.3 Å². The molecule has 1 saturated heterocycles. The molecule has 0 saturated carbocycles. The number of amides is 1. The van der Waals surface area contributed by atoms with Crippen molar-refractivity contribution in [3.05, 3.63) is 35.2 Å². The lowest BCUT2D eigenvalue weighted by molar-refractivity contribution is -0.130. The Balaban J connectivity index is 1.54. The maximum Gasteiger partial charge on any atom is 0.222 e. The topological polar surface area (TPSA) is 66.8 Å². The van der Waals surface area contributed by atoms with Crippen LogP contribution in [0.3, 0.4) is 0 Å². The maximum atomic E-state index is 12.4. The van der Waals surface area contributed by atoms with E-state index >= 15 is 0 Å². The van der Waals surface area contributed by atoms with Crippen molar-refractivity contribution in [2.24, 2.45) is 7.05 Å². The molecule has 3 rings (SSSR count). The number of aromatic amines is 1. The van der Waals surface area contributed by atoms with Crippen molar-refractivity contribution >= 4 is 5.91 Å². The molecule has 1 unspecified atom stereocenters. The monoisotopic (exact) mass is 301 g/mol. The molecular formula is C16H23N5O. The van der Waals surface area contributed by atoms with Crippen molar-refractivity contribution in [3.8, 4) is 0 Å². The van der Waals surface area contributed by atoms with Gasteiger partial charge in [0.2, 0.25) is 5.91 Å². The van der Waals surface area contributed by atoms with Crippen molar-refractivity contribution in [1.29, 1.82) is 0 Å². The second-order valence-electron chi connectivity index (χ2n) is 6.16.